The fourth-order valence-corrected chi connectivity index (χ4v) is 9.40. The van der Waals surface area contributed by atoms with Crippen molar-refractivity contribution in [2.45, 2.75) is 232 Å². The summed E-state index contributed by atoms with van der Waals surface area (Å²) in [7, 11) is 0. The molecule has 0 aromatic heterocycles. The van der Waals surface area contributed by atoms with Crippen molar-refractivity contribution in [3.63, 3.8) is 0 Å². The molecule has 4 atom stereocenters. The van der Waals surface area contributed by atoms with Gasteiger partial charge in [0.25, 0.3) is 0 Å². The van der Waals surface area contributed by atoms with Crippen molar-refractivity contribution in [1.29, 1.82) is 0 Å². The maximum atomic E-state index is 13.4. The third-order valence-electron chi connectivity index (χ3n) is 13.7. The number of aliphatic hydroxyl groups excluding tert-OH is 1. The number of nitrogens with zero attached hydrogens (tertiary/aromatic N) is 1. The third-order valence-corrected chi connectivity index (χ3v) is 13.7. The molecule has 0 radical (unpaired) electrons. The van der Waals surface area contributed by atoms with Gasteiger partial charge in [0.05, 0.1) is 19.1 Å². The van der Waals surface area contributed by atoms with Crippen molar-refractivity contribution >= 4 is 11.9 Å². The Morgan fingerprint density at radius 3 is 1.69 bits per heavy atom. The molecule has 1 saturated heterocycles. The Balaban J connectivity index is 1.75. The smallest absolute Gasteiger partial charge is 0.309 e. The van der Waals surface area contributed by atoms with Crippen molar-refractivity contribution in [3.05, 3.63) is 60.8 Å². The number of aliphatic hydroxyl groups is 1. The molecule has 4 unspecified atom stereocenters. The fraction of sp³-hybridized carbons (Fsp3) is 0.797. The summed E-state index contributed by atoms with van der Waals surface area (Å²) in [4.78, 5) is 28.9. The van der Waals surface area contributed by atoms with Crippen molar-refractivity contribution < 1.29 is 33.6 Å². The molecule has 8 heteroatoms. The topological polar surface area (TPSA) is 94.5 Å². The Morgan fingerprint density at radius 2 is 1.13 bits per heavy atom. The molecule has 8 nitrogen and oxygen atoms in total. The van der Waals surface area contributed by atoms with E-state index in [9.17, 15) is 14.7 Å². The van der Waals surface area contributed by atoms with Crippen LogP contribution in [0.4, 0.5) is 0 Å². The van der Waals surface area contributed by atoms with E-state index in [1.807, 2.05) is 0 Å². The van der Waals surface area contributed by atoms with E-state index in [0.29, 0.717) is 32.8 Å². The van der Waals surface area contributed by atoms with Gasteiger partial charge >= 0.3 is 11.9 Å². The van der Waals surface area contributed by atoms with E-state index in [1.165, 1.54) is 122 Å². The van der Waals surface area contributed by atoms with E-state index < -0.39 is 0 Å². The zero-order chi connectivity index (χ0) is 48.1. The van der Waals surface area contributed by atoms with Gasteiger partial charge in [0.15, 0.2) is 0 Å². The standard InChI is InChI=1S/C59H103NO7/c1-4-7-10-12-14-16-18-20-22-24-26-28-30-32-34-37-48-64-51-55(65-49-38-35-33-31-29-27-25-23-21-19-17-15-13-11-8-5-2)52-66-58(62)50-54-40-41-57(56(54)39-36-9-6-3)67-59(63)53-42-44-60(45-43-53)46-47-61/h9,14-17,20-23,36,53-57,61H,4-8,10-13,18-19,24-35,37-52H2,1-3H3/b16-14-,17-15-,22-20-,23-21-,36-9-. The van der Waals surface area contributed by atoms with E-state index in [2.05, 4.69) is 86.4 Å². The predicted octanol–water partition coefficient (Wildman–Crippen LogP) is 14.9. The summed E-state index contributed by atoms with van der Waals surface area (Å²) in [5, 5.41) is 9.31. The minimum atomic E-state index is -0.282. The van der Waals surface area contributed by atoms with Crippen LogP contribution in [-0.4, -0.2) is 86.8 Å². The van der Waals surface area contributed by atoms with E-state index >= 15 is 0 Å². The van der Waals surface area contributed by atoms with Crippen LogP contribution >= 0.6 is 0 Å². The number of likely N-dealkylation sites (tertiary alicyclic amines) is 1. The molecule has 2 fully saturated rings. The Morgan fingerprint density at radius 1 is 0.597 bits per heavy atom. The van der Waals surface area contributed by atoms with Gasteiger partial charge in [-0.05, 0) is 135 Å². The van der Waals surface area contributed by atoms with Crippen molar-refractivity contribution in [2.24, 2.45) is 17.8 Å². The van der Waals surface area contributed by atoms with Gasteiger partial charge in [-0.3, -0.25) is 9.59 Å². The first-order chi connectivity index (χ1) is 33.0. The van der Waals surface area contributed by atoms with E-state index in [-0.39, 0.29) is 55.1 Å². The lowest BCUT2D eigenvalue weighted by Crippen LogP contribution is -2.39. The number of rotatable bonds is 44. The second-order valence-corrected chi connectivity index (χ2v) is 19.6. The van der Waals surface area contributed by atoms with Crippen LogP contribution in [0.3, 0.4) is 0 Å². The Bertz CT molecular complexity index is 1300. The largest absolute Gasteiger partial charge is 0.463 e. The highest BCUT2D eigenvalue weighted by molar-refractivity contribution is 5.73. The molecule has 0 bridgehead atoms. The summed E-state index contributed by atoms with van der Waals surface area (Å²) in [5.74, 6) is -0.194. The summed E-state index contributed by atoms with van der Waals surface area (Å²) < 4.78 is 24.6. The van der Waals surface area contributed by atoms with E-state index in [0.717, 1.165) is 83.7 Å². The van der Waals surface area contributed by atoms with Crippen molar-refractivity contribution in [3.8, 4) is 0 Å². The SMILES string of the molecule is CC/C=C\CC1C(CC(=O)OCC(COCCCCCCCC/C=C\C/C=C\CCCCC)OCCCCCCCC/C=C\C/C=C\CCCCC)CCC1OC(=O)C1CCN(CCO)CC1. The van der Waals surface area contributed by atoms with Crippen LogP contribution < -0.4 is 0 Å². The van der Waals surface area contributed by atoms with Gasteiger partial charge in [-0.15, -0.1) is 0 Å². The Labute approximate surface area is 412 Å². The number of hydrogen-bond acceptors (Lipinski definition) is 8. The zero-order valence-corrected chi connectivity index (χ0v) is 43.6. The number of ether oxygens (including phenoxy) is 4. The first-order valence-corrected chi connectivity index (χ1v) is 28.2. The third kappa shape index (κ3) is 33.6. The maximum Gasteiger partial charge on any atom is 0.309 e. The molecule has 0 spiro atoms. The molecule has 386 valence electrons. The van der Waals surface area contributed by atoms with Gasteiger partial charge in [-0.2, -0.15) is 0 Å². The van der Waals surface area contributed by atoms with Crippen molar-refractivity contribution in [2.75, 3.05) is 52.7 Å². The van der Waals surface area contributed by atoms with E-state index in [1.54, 1.807) is 0 Å². The summed E-state index contributed by atoms with van der Waals surface area (Å²) in [6, 6.07) is 0. The number of unbranched alkanes of at least 4 members (excludes halogenated alkanes) is 18. The van der Waals surface area contributed by atoms with Crippen LogP contribution in [0.15, 0.2) is 60.8 Å². The number of allylic oxidation sites excluding steroid dienone is 10. The molecule has 1 N–H and O–H groups in total. The minimum absolute atomic E-state index is 0.0970. The first-order valence-electron chi connectivity index (χ1n) is 28.2. The molecule has 2 rings (SSSR count). The van der Waals surface area contributed by atoms with Gasteiger partial charge in [-0.25, -0.2) is 0 Å². The van der Waals surface area contributed by atoms with Gasteiger partial charge < -0.3 is 29.0 Å². The number of carbonyl (C=O) groups is 2. The fourth-order valence-electron chi connectivity index (χ4n) is 9.40. The van der Waals surface area contributed by atoms with Crippen molar-refractivity contribution in [1.82, 2.24) is 4.90 Å². The molecule has 0 aromatic carbocycles. The number of piperidine rings is 1. The molecule has 67 heavy (non-hydrogen) atoms. The summed E-state index contributed by atoms with van der Waals surface area (Å²) in [6.07, 6.45) is 56.8. The second-order valence-electron chi connectivity index (χ2n) is 19.6. The van der Waals surface area contributed by atoms with E-state index in [4.69, 9.17) is 18.9 Å². The van der Waals surface area contributed by atoms with Crippen LogP contribution in [0.1, 0.15) is 220 Å². The molecule has 1 aliphatic heterocycles. The van der Waals surface area contributed by atoms with Crippen LogP contribution in [0, 0.1) is 17.8 Å². The van der Waals surface area contributed by atoms with Crippen LogP contribution in [0.25, 0.3) is 0 Å². The highest BCUT2D eigenvalue weighted by atomic mass is 16.6. The quantitative estimate of drug-likeness (QED) is 0.0367. The van der Waals surface area contributed by atoms with Gasteiger partial charge in [-0.1, -0.05) is 159 Å². The average Bonchev–Trinajstić information content (AvgIpc) is 3.70. The molecule has 2 aliphatic rings. The first kappa shape index (κ1) is 60.6. The zero-order valence-electron chi connectivity index (χ0n) is 43.6. The number of esters is 2. The van der Waals surface area contributed by atoms with Crippen LogP contribution in [0.5, 0.6) is 0 Å². The highest BCUT2D eigenvalue weighted by Crippen LogP contribution is 2.40. The summed E-state index contributed by atoms with van der Waals surface area (Å²) in [6.45, 7) is 11.0. The molecule has 1 heterocycles. The normalized spacial score (nSPS) is 19.1. The Kier molecular flexibility index (Phi) is 40.4. The molecule has 0 aromatic rings. The summed E-state index contributed by atoms with van der Waals surface area (Å²) in [5.41, 5.74) is 0. The Hall–Kier alpha value is -2.52. The number of hydrogen-bond donors (Lipinski definition) is 1. The average molecular weight is 938 g/mol. The molecule has 0 amide bonds. The number of β-amino-alcohol motifs (C(OH)–C–C–N with tert-alkyl or cyclic N) is 1. The van der Waals surface area contributed by atoms with Gasteiger partial charge in [0.2, 0.25) is 0 Å². The highest BCUT2D eigenvalue weighted by Gasteiger charge is 2.40. The molecular formula is C59H103NO7. The van der Waals surface area contributed by atoms with Crippen LogP contribution in [-0.2, 0) is 28.5 Å². The monoisotopic (exact) mass is 938 g/mol. The molecular weight excluding hydrogens is 835 g/mol. The second kappa shape index (κ2) is 44.7. The maximum absolute atomic E-state index is 13.4. The molecule has 1 saturated carbocycles. The lowest BCUT2D eigenvalue weighted by molar-refractivity contribution is -0.158. The van der Waals surface area contributed by atoms with Gasteiger partial charge in [0, 0.05) is 32.1 Å². The van der Waals surface area contributed by atoms with Gasteiger partial charge in [0.1, 0.15) is 18.8 Å². The minimum Gasteiger partial charge on any atom is -0.463 e. The summed E-state index contributed by atoms with van der Waals surface area (Å²) >= 11 is 0. The number of carbonyl (C=O) groups excluding carboxylic acids is 2. The lowest BCUT2D eigenvalue weighted by Gasteiger charge is -2.31. The predicted molar refractivity (Wildman–Crippen MR) is 281 cm³/mol. The lowest BCUT2D eigenvalue weighted by atomic mass is 9.88. The molecule has 1 aliphatic carbocycles. The van der Waals surface area contributed by atoms with Crippen LogP contribution in [0.2, 0.25) is 0 Å².